The van der Waals surface area contributed by atoms with Gasteiger partial charge < -0.3 is 14.4 Å². The first-order chi connectivity index (χ1) is 21.1. The van der Waals surface area contributed by atoms with Gasteiger partial charge in [0.1, 0.15) is 18.2 Å². The summed E-state index contributed by atoms with van der Waals surface area (Å²) in [6.07, 6.45) is 6.86. The maximum Gasteiger partial charge on any atom is 0.307 e. The van der Waals surface area contributed by atoms with E-state index in [4.69, 9.17) is 14.7 Å². The quantitative estimate of drug-likeness (QED) is 0.210. The molecule has 8 heteroatoms. The molecule has 214 valence electrons. The van der Waals surface area contributed by atoms with Crippen molar-refractivity contribution in [3.63, 3.8) is 0 Å². The molecule has 1 aliphatic rings. The van der Waals surface area contributed by atoms with Crippen LogP contribution < -0.4 is 4.74 Å². The fourth-order valence-corrected chi connectivity index (χ4v) is 6.19. The highest BCUT2D eigenvalue weighted by Gasteiger charge is 2.35. The number of imidazole rings is 1. The summed E-state index contributed by atoms with van der Waals surface area (Å²) in [5, 5.41) is 11.2. The van der Waals surface area contributed by atoms with Crippen molar-refractivity contribution in [3.05, 3.63) is 114 Å². The van der Waals surface area contributed by atoms with E-state index in [1.807, 2.05) is 60.7 Å². The van der Waals surface area contributed by atoms with E-state index < -0.39 is 11.9 Å². The Morgan fingerprint density at radius 3 is 2.60 bits per heavy atom. The van der Waals surface area contributed by atoms with Crippen LogP contribution in [0, 0.1) is 5.92 Å². The second-order valence-electron chi connectivity index (χ2n) is 11.1. The van der Waals surface area contributed by atoms with Gasteiger partial charge in [-0.2, -0.15) is 0 Å². The van der Waals surface area contributed by atoms with E-state index in [9.17, 15) is 9.90 Å². The van der Waals surface area contributed by atoms with Crippen molar-refractivity contribution >= 4 is 27.9 Å². The van der Waals surface area contributed by atoms with Gasteiger partial charge in [-0.1, -0.05) is 55.3 Å². The Labute approximate surface area is 249 Å². The Hall–Kier alpha value is -5.11. The Morgan fingerprint density at radius 1 is 0.860 bits per heavy atom. The molecule has 43 heavy (non-hydrogen) atoms. The van der Waals surface area contributed by atoms with Crippen LogP contribution in [0.4, 0.5) is 0 Å². The maximum absolute atomic E-state index is 12.3. The first-order valence-electron chi connectivity index (χ1n) is 14.7. The molecule has 8 nitrogen and oxygen atoms in total. The fourth-order valence-electron chi connectivity index (χ4n) is 6.19. The number of ether oxygens (including phenoxy) is 1. The van der Waals surface area contributed by atoms with Gasteiger partial charge in [0.05, 0.1) is 28.2 Å². The minimum atomic E-state index is -0.751. The van der Waals surface area contributed by atoms with E-state index in [1.54, 1.807) is 18.5 Å². The lowest BCUT2D eigenvalue weighted by Gasteiger charge is -2.28. The topological polar surface area (TPSA) is 103 Å². The van der Waals surface area contributed by atoms with Crippen LogP contribution in [0.5, 0.6) is 5.75 Å². The lowest BCUT2D eigenvalue weighted by atomic mass is 9.78. The zero-order valence-electron chi connectivity index (χ0n) is 23.6. The summed E-state index contributed by atoms with van der Waals surface area (Å²) in [7, 11) is 0. The molecular weight excluding hydrogens is 538 g/mol. The summed E-state index contributed by atoms with van der Waals surface area (Å²) in [5.74, 6) is 0.810. The second kappa shape index (κ2) is 11.6. The van der Waals surface area contributed by atoms with Crippen LogP contribution in [-0.2, 0) is 17.9 Å². The number of aromatic nitrogens is 5. The number of fused-ring (bicyclic) bond motifs is 2. The lowest BCUT2D eigenvalue weighted by Crippen LogP contribution is -2.27. The maximum atomic E-state index is 12.3. The number of hydrogen-bond donors (Lipinski definition) is 1. The summed E-state index contributed by atoms with van der Waals surface area (Å²) in [6.45, 7) is 0.887. The van der Waals surface area contributed by atoms with Gasteiger partial charge in [0, 0.05) is 41.9 Å². The van der Waals surface area contributed by atoms with E-state index in [0.717, 1.165) is 63.8 Å². The van der Waals surface area contributed by atoms with Gasteiger partial charge in [0.15, 0.2) is 5.82 Å². The first-order valence-corrected chi connectivity index (χ1v) is 14.7. The zero-order chi connectivity index (χ0) is 29.2. The third-order valence-corrected chi connectivity index (χ3v) is 8.30. The second-order valence-corrected chi connectivity index (χ2v) is 11.1. The van der Waals surface area contributed by atoms with Crippen LogP contribution in [0.3, 0.4) is 0 Å². The molecule has 3 aromatic carbocycles. The third kappa shape index (κ3) is 5.56. The number of carboxylic acid groups (broad SMARTS) is 1. The molecule has 1 unspecified atom stereocenters. The van der Waals surface area contributed by atoms with Crippen LogP contribution in [0.25, 0.3) is 33.3 Å². The zero-order valence-corrected chi connectivity index (χ0v) is 23.6. The summed E-state index contributed by atoms with van der Waals surface area (Å²) < 4.78 is 8.35. The number of carbonyl (C=O) groups is 1. The molecule has 3 aromatic heterocycles. The average molecular weight is 570 g/mol. The summed E-state index contributed by atoms with van der Waals surface area (Å²) >= 11 is 0. The number of carboxylic acids is 1. The molecule has 6 aromatic rings. The van der Waals surface area contributed by atoms with Gasteiger partial charge in [-0.15, -0.1) is 0 Å². The SMILES string of the molecule is O=C(O)C1CCCC[C@H]1c1nc2cc(OCc3ccc4ccccc4n3)ccc2n1Cc1cccc(-c2ncccn2)c1. The summed E-state index contributed by atoms with van der Waals surface area (Å²) in [4.78, 5) is 30.9. The van der Waals surface area contributed by atoms with E-state index >= 15 is 0 Å². The molecule has 1 aliphatic carbocycles. The number of rotatable bonds is 8. The molecule has 0 amide bonds. The van der Waals surface area contributed by atoms with Crippen LogP contribution in [0.2, 0.25) is 0 Å². The first kappa shape index (κ1) is 26.8. The minimum absolute atomic E-state index is 0.162. The van der Waals surface area contributed by atoms with Gasteiger partial charge in [0.25, 0.3) is 0 Å². The van der Waals surface area contributed by atoms with E-state index in [2.05, 4.69) is 32.7 Å². The van der Waals surface area contributed by atoms with Crippen molar-refractivity contribution in [2.75, 3.05) is 0 Å². The van der Waals surface area contributed by atoms with E-state index in [1.165, 1.54) is 0 Å². The predicted molar refractivity (Wildman–Crippen MR) is 165 cm³/mol. The van der Waals surface area contributed by atoms with Gasteiger partial charge in [-0.25, -0.2) is 19.9 Å². The van der Waals surface area contributed by atoms with Crippen molar-refractivity contribution < 1.29 is 14.6 Å². The predicted octanol–water partition coefficient (Wildman–Crippen LogP) is 7.03. The van der Waals surface area contributed by atoms with Crippen LogP contribution in [0.1, 0.15) is 48.7 Å². The molecule has 0 aliphatic heterocycles. The fraction of sp³-hybridized carbons (Fsp3) is 0.229. The van der Waals surface area contributed by atoms with Gasteiger partial charge >= 0.3 is 5.97 Å². The molecular formula is C35H31N5O3. The van der Waals surface area contributed by atoms with Crippen LogP contribution in [0.15, 0.2) is 97.3 Å². The van der Waals surface area contributed by atoms with Gasteiger partial charge in [-0.3, -0.25) is 4.79 Å². The number of para-hydroxylation sites is 1. The molecule has 0 spiro atoms. The lowest BCUT2D eigenvalue weighted by molar-refractivity contribution is -0.143. The highest BCUT2D eigenvalue weighted by atomic mass is 16.5. The summed E-state index contributed by atoms with van der Waals surface area (Å²) in [6, 6.07) is 28.0. The van der Waals surface area contributed by atoms with Crippen molar-refractivity contribution in [1.82, 2.24) is 24.5 Å². The van der Waals surface area contributed by atoms with Crippen LogP contribution in [-0.4, -0.2) is 35.6 Å². The molecule has 2 atom stereocenters. The van der Waals surface area contributed by atoms with Gasteiger partial charge in [-0.05, 0) is 54.8 Å². The minimum Gasteiger partial charge on any atom is -0.487 e. The molecule has 1 fully saturated rings. The molecule has 0 bridgehead atoms. The molecule has 1 N–H and O–H groups in total. The third-order valence-electron chi connectivity index (χ3n) is 8.30. The van der Waals surface area contributed by atoms with Crippen LogP contribution >= 0.6 is 0 Å². The smallest absolute Gasteiger partial charge is 0.307 e. The van der Waals surface area contributed by atoms with E-state index in [-0.39, 0.29) is 5.92 Å². The van der Waals surface area contributed by atoms with Crippen molar-refractivity contribution in [2.45, 2.75) is 44.8 Å². The monoisotopic (exact) mass is 569 g/mol. The Kier molecular flexibility index (Phi) is 7.25. The Bertz CT molecular complexity index is 1920. The number of pyridine rings is 1. The molecule has 1 saturated carbocycles. The molecule has 3 heterocycles. The number of nitrogens with zero attached hydrogens (tertiary/aromatic N) is 5. The highest BCUT2D eigenvalue weighted by Crippen LogP contribution is 2.39. The van der Waals surface area contributed by atoms with Crippen molar-refractivity contribution in [2.24, 2.45) is 5.92 Å². The number of aliphatic carboxylic acids is 1. The number of benzene rings is 3. The molecule has 0 radical (unpaired) electrons. The normalized spacial score (nSPS) is 16.8. The van der Waals surface area contributed by atoms with Crippen molar-refractivity contribution in [3.8, 4) is 17.1 Å². The van der Waals surface area contributed by atoms with Gasteiger partial charge in [0.2, 0.25) is 0 Å². The van der Waals surface area contributed by atoms with Crippen molar-refractivity contribution in [1.29, 1.82) is 0 Å². The summed E-state index contributed by atoms with van der Waals surface area (Å²) in [5.41, 5.74) is 5.52. The highest BCUT2D eigenvalue weighted by molar-refractivity contribution is 5.79. The Morgan fingerprint density at radius 2 is 1.72 bits per heavy atom. The number of hydrogen-bond acceptors (Lipinski definition) is 6. The molecule has 7 rings (SSSR count). The average Bonchev–Trinajstić information content (AvgIpc) is 3.41. The molecule has 0 saturated heterocycles. The largest absolute Gasteiger partial charge is 0.487 e. The van der Waals surface area contributed by atoms with E-state index in [0.29, 0.717) is 31.1 Å². The Balaban J connectivity index is 1.23. The standard InChI is InChI=1S/C35H31N5O3/c41-35(42)29-11-3-2-10-28(29)34-39-31-20-27(43-22-26-14-13-24-8-1-4-12-30(24)38-26)15-16-32(31)40(34)21-23-7-5-9-25(19-23)33-36-17-6-18-37-33/h1,4-9,12-20,28-29H,2-3,10-11,21-22H2,(H,41,42)/t28-,29?/m1/s1.